The minimum atomic E-state index is 0.743. The summed E-state index contributed by atoms with van der Waals surface area (Å²) in [4.78, 5) is 0. The van der Waals surface area contributed by atoms with Gasteiger partial charge in [-0.3, -0.25) is 5.01 Å². The van der Waals surface area contributed by atoms with Gasteiger partial charge in [0.2, 0.25) is 0 Å². The van der Waals surface area contributed by atoms with Crippen LogP contribution in [-0.2, 0) is 4.74 Å². The fourth-order valence-corrected chi connectivity index (χ4v) is 1.43. The van der Waals surface area contributed by atoms with Crippen molar-refractivity contribution < 1.29 is 4.74 Å². The van der Waals surface area contributed by atoms with Crippen LogP contribution in [0.15, 0.2) is 34.6 Å². The molecule has 0 atom stereocenters. The summed E-state index contributed by atoms with van der Waals surface area (Å²) in [6, 6.07) is 7.98. The molecule has 1 aromatic rings. The van der Waals surface area contributed by atoms with Gasteiger partial charge in [0.05, 0.1) is 32.0 Å². The van der Waals surface area contributed by atoms with E-state index in [1.807, 2.05) is 36.2 Å². The number of nitrogens with zero attached hydrogens (tertiary/aromatic N) is 3. The van der Waals surface area contributed by atoms with Crippen LogP contribution in [0, 0.1) is 6.92 Å². The zero-order valence-corrected chi connectivity index (χ0v) is 8.89. The molecule has 80 valence electrons. The average molecular weight is 205 g/mol. The normalized spacial score (nSPS) is 17.3. The minimum absolute atomic E-state index is 0.743. The Kier molecular flexibility index (Phi) is 3.29. The smallest absolute Gasteiger partial charge is 0.0903 e. The van der Waals surface area contributed by atoms with E-state index in [2.05, 4.69) is 10.3 Å². The molecule has 1 aliphatic heterocycles. The lowest BCUT2D eigenvalue weighted by molar-refractivity contribution is 0.0353. The van der Waals surface area contributed by atoms with Crippen LogP contribution in [0.25, 0.3) is 0 Å². The predicted molar refractivity (Wildman–Crippen MR) is 58.1 cm³/mol. The fraction of sp³-hybridized carbons (Fsp3) is 0.455. The Morgan fingerprint density at radius 2 is 1.93 bits per heavy atom. The lowest BCUT2D eigenvalue weighted by Crippen LogP contribution is -2.31. The van der Waals surface area contributed by atoms with E-state index >= 15 is 0 Å². The molecule has 0 spiro atoms. The number of hydrogen-bond donors (Lipinski definition) is 0. The van der Waals surface area contributed by atoms with Crippen LogP contribution < -0.4 is 0 Å². The molecule has 0 aromatic heterocycles. The molecule has 4 nitrogen and oxygen atoms in total. The number of rotatable bonds is 2. The molecule has 0 unspecified atom stereocenters. The van der Waals surface area contributed by atoms with Gasteiger partial charge in [-0.25, -0.2) is 0 Å². The Labute approximate surface area is 89.5 Å². The molecule has 0 amide bonds. The third-order valence-electron chi connectivity index (χ3n) is 2.38. The Hall–Kier alpha value is -1.42. The molecule has 0 N–H and O–H groups in total. The van der Waals surface area contributed by atoms with Gasteiger partial charge in [-0.1, -0.05) is 23.4 Å². The maximum absolute atomic E-state index is 5.23. The summed E-state index contributed by atoms with van der Waals surface area (Å²) in [5, 5.41) is 10.4. The first kappa shape index (κ1) is 10.1. The van der Waals surface area contributed by atoms with E-state index in [9.17, 15) is 0 Å². The van der Waals surface area contributed by atoms with Crippen LogP contribution in [0.1, 0.15) is 5.56 Å². The van der Waals surface area contributed by atoms with Crippen molar-refractivity contribution in [3.8, 4) is 0 Å². The van der Waals surface area contributed by atoms with E-state index in [1.165, 1.54) is 0 Å². The second-order valence-electron chi connectivity index (χ2n) is 3.54. The van der Waals surface area contributed by atoms with Crippen LogP contribution >= 0.6 is 0 Å². The van der Waals surface area contributed by atoms with E-state index in [4.69, 9.17) is 4.74 Å². The topological polar surface area (TPSA) is 37.2 Å². The number of aryl methyl sites for hydroxylation is 1. The zero-order valence-electron chi connectivity index (χ0n) is 8.89. The van der Waals surface area contributed by atoms with Gasteiger partial charge in [-0.2, -0.15) is 0 Å². The molecular formula is C11H15N3O. The van der Waals surface area contributed by atoms with Crippen LogP contribution in [0.4, 0.5) is 5.69 Å². The fourth-order valence-electron chi connectivity index (χ4n) is 1.43. The first-order valence-corrected chi connectivity index (χ1v) is 5.16. The highest BCUT2D eigenvalue weighted by Gasteiger charge is 2.07. The van der Waals surface area contributed by atoms with Crippen LogP contribution in [0.2, 0.25) is 0 Å². The summed E-state index contributed by atoms with van der Waals surface area (Å²) in [6.07, 6.45) is 0. The largest absolute Gasteiger partial charge is 0.378 e. The molecule has 1 aliphatic rings. The number of morpholine rings is 1. The number of ether oxygens (including phenoxy) is 1. The molecule has 0 saturated carbocycles. The van der Waals surface area contributed by atoms with Gasteiger partial charge in [0.25, 0.3) is 0 Å². The average Bonchev–Trinajstić information content (AvgIpc) is 2.29. The lowest BCUT2D eigenvalue weighted by atomic mass is 10.2. The van der Waals surface area contributed by atoms with Gasteiger partial charge >= 0.3 is 0 Å². The highest BCUT2D eigenvalue weighted by molar-refractivity contribution is 5.43. The quantitative estimate of drug-likeness (QED) is 0.695. The van der Waals surface area contributed by atoms with Crippen LogP contribution in [0.3, 0.4) is 0 Å². The molecule has 1 fully saturated rings. The summed E-state index contributed by atoms with van der Waals surface area (Å²) < 4.78 is 5.23. The van der Waals surface area contributed by atoms with Crippen molar-refractivity contribution in [1.82, 2.24) is 5.01 Å². The second kappa shape index (κ2) is 4.89. The van der Waals surface area contributed by atoms with Gasteiger partial charge in [-0.05, 0) is 18.6 Å². The summed E-state index contributed by atoms with van der Waals surface area (Å²) in [5.74, 6) is 0. The molecule has 1 aromatic carbocycles. The number of hydrogen-bond acceptors (Lipinski definition) is 3. The zero-order chi connectivity index (χ0) is 10.5. The molecule has 0 aliphatic carbocycles. The molecule has 0 bridgehead atoms. The molecular weight excluding hydrogens is 190 g/mol. The van der Waals surface area contributed by atoms with E-state index in [-0.39, 0.29) is 0 Å². The van der Waals surface area contributed by atoms with Crippen molar-refractivity contribution in [2.24, 2.45) is 10.3 Å². The predicted octanol–water partition coefficient (Wildman–Crippen LogP) is 2.33. The first-order chi connectivity index (χ1) is 7.36. The number of benzene rings is 1. The highest BCUT2D eigenvalue weighted by Crippen LogP contribution is 2.17. The van der Waals surface area contributed by atoms with Crippen molar-refractivity contribution in [1.29, 1.82) is 0 Å². The van der Waals surface area contributed by atoms with Crippen LogP contribution in [-0.4, -0.2) is 31.3 Å². The lowest BCUT2D eigenvalue weighted by Gasteiger charge is -2.22. The van der Waals surface area contributed by atoms with Crippen molar-refractivity contribution in [2.75, 3.05) is 26.3 Å². The summed E-state index contributed by atoms with van der Waals surface area (Å²) >= 11 is 0. The molecule has 1 saturated heterocycles. The standard InChI is InChI=1S/C11H15N3O/c1-10-4-2-3-5-11(10)12-13-14-6-8-15-9-7-14/h2-5H,6-9H2,1H3. The van der Waals surface area contributed by atoms with Gasteiger partial charge in [-0.15, -0.1) is 5.11 Å². The minimum Gasteiger partial charge on any atom is -0.378 e. The van der Waals surface area contributed by atoms with E-state index in [1.54, 1.807) is 0 Å². The van der Waals surface area contributed by atoms with Gasteiger partial charge in [0.15, 0.2) is 0 Å². The van der Waals surface area contributed by atoms with E-state index in [0.717, 1.165) is 37.6 Å². The molecule has 4 heteroatoms. The van der Waals surface area contributed by atoms with Gasteiger partial charge in [0, 0.05) is 0 Å². The third-order valence-corrected chi connectivity index (χ3v) is 2.38. The molecule has 1 heterocycles. The highest BCUT2D eigenvalue weighted by atomic mass is 16.5. The van der Waals surface area contributed by atoms with Gasteiger partial charge < -0.3 is 4.74 Å². The Morgan fingerprint density at radius 1 is 1.20 bits per heavy atom. The maximum Gasteiger partial charge on any atom is 0.0903 e. The Morgan fingerprint density at radius 3 is 2.67 bits per heavy atom. The van der Waals surface area contributed by atoms with Crippen molar-refractivity contribution >= 4 is 5.69 Å². The summed E-state index contributed by atoms with van der Waals surface area (Å²) in [6.45, 7) is 5.18. The van der Waals surface area contributed by atoms with Crippen molar-refractivity contribution in [2.45, 2.75) is 6.92 Å². The molecule has 15 heavy (non-hydrogen) atoms. The van der Waals surface area contributed by atoms with Crippen molar-refractivity contribution in [3.63, 3.8) is 0 Å². The van der Waals surface area contributed by atoms with E-state index in [0.29, 0.717) is 0 Å². The summed E-state index contributed by atoms with van der Waals surface area (Å²) in [5.41, 5.74) is 2.08. The Balaban J connectivity index is 2.01. The molecule has 0 radical (unpaired) electrons. The van der Waals surface area contributed by atoms with Gasteiger partial charge in [0.1, 0.15) is 0 Å². The van der Waals surface area contributed by atoms with E-state index < -0.39 is 0 Å². The van der Waals surface area contributed by atoms with Crippen LogP contribution in [0.5, 0.6) is 0 Å². The Bertz CT molecular complexity index is 345. The molecule has 2 rings (SSSR count). The monoisotopic (exact) mass is 205 g/mol. The second-order valence-corrected chi connectivity index (χ2v) is 3.54. The third kappa shape index (κ3) is 2.76. The maximum atomic E-state index is 5.23. The summed E-state index contributed by atoms with van der Waals surface area (Å²) in [7, 11) is 0. The first-order valence-electron chi connectivity index (χ1n) is 5.16. The SMILES string of the molecule is Cc1ccccc1N=NN1CCOCC1. The van der Waals surface area contributed by atoms with Crippen molar-refractivity contribution in [3.05, 3.63) is 29.8 Å².